The standard InChI is InChI=1S/C11H9F6NO4/c1-2-21-7(20)4-5-3-6(19)8(22-11(15,16)17)9(18-5)10(12,13)14/h3H,2,4H2,1H3,(H,18,19). The lowest BCUT2D eigenvalue weighted by atomic mass is 10.2. The van der Waals surface area contributed by atoms with E-state index in [1.807, 2.05) is 0 Å². The molecule has 0 saturated heterocycles. The number of alkyl halides is 6. The summed E-state index contributed by atoms with van der Waals surface area (Å²) in [7, 11) is 0. The third kappa shape index (κ3) is 4.97. The van der Waals surface area contributed by atoms with E-state index in [-0.39, 0.29) is 6.61 Å². The summed E-state index contributed by atoms with van der Waals surface area (Å²) in [6, 6.07) is 0.410. The second-order valence-corrected chi connectivity index (χ2v) is 3.89. The molecular formula is C11H9F6NO4. The highest BCUT2D eigenvalue weighted by Gasteiger charge is 2.42. The van der Waals surface area contributed by atoms with Crippen LogP contribution in [0.1, 0.15) is 18.3 Å². The van der Waals surface area contributed by atoms with Crippen molar-refractivity contribution < 1.29 is 40.6 Å². The number of halogens is 6. The van der Waals surface area contributed by atoms with Gasteiger partial charge in [-0.25, -0.2) is 0 Å². The van der Waals surface area contributed by atoms with E-state index >= 15 is 0 Å². The molecular weight excluding hydrogens is 324 g/mol. The molecule has 1 aromatic rings. The third-order valence-electron chi connectivity index (χ3n) is 2.18. The average Bonchev–Trinajstić information content (AvgIpc) is 2.29. The molecule has 22 heavy (non-hydrogen) atoms. The van der Waals surface area contributed by atoms with E-state index in [0.717, 1.165) is 0 Å². The molecule has 0 fully saturated rings. The number of aromatic amines is 1. The first kappa shape index (κ1) is 17.9. The van der Waals surface area contributed by atoms with Gasteiger partial charge in [-0.2, -0.15) is 13.2 Å². The summed E-state index contributed by atoms with van der Waals surface area (Å²) in [5.41, 5.74) is -4.25. The summed E-state index contributed by atoms with van der Waals surface area (Å²) in [6.07, 6.45) is -11.5. The predicted molar refractivity (Wildman–Crippen MR) is 59.1 cm³/mol. The lowest BCUT2D eigenvalue weighted by molar-refractivity contribution is -0.277. The van der Waals surface area contributed by atoms with Crippen molar-refractivity contribution >= 4 is 5.97 Å². The molecule has 0 amide bonds. The third-order valence-corrected chi connectivity index (χ3v) is 2.18. The molecule has 5 nitrogen and oxygen atoms in total. The normalized spacial score (nSPS) is 12.1. The maximum atomic E-state index is 12.7. The molecule has 1 rings (SSSR count). The Morgan fingerprint density at radius 2 is 1.82 bits per heavy atom. The quantitative estimate of drug-likeness (QED) is 0.679. The van der Waals surface area contributed by atoms with Gasteiger partial charge in [0.2, 0.25) is 11.2 Å². The number of carbonyl (C=O) groups excluding carboxylic acids is 1. The Morgan fingerprint density at radius 3 is 2.27 bits per heavy atom. The number of hydrogen-bond donors (Lipinski definition) is 1. The summed E-state index contributed by atoms with van der Waals surface area (Å²) >= 11 is 0. The van der Waals surface area contributed by atoms with Crippen LogP contribution in [0.3, 0.4) is 0 Å². The van der Waals surface area contributed by atoms with Crippen LogP contribution in [0.5, 0.6) is 5.75 Å². The van der Waals surface area contributed by atoms with E-state index in [1.165, 1.54) is 6.92 Å². The number of rotatable bonds is 4. The van der Waals surface area contributed by atoms with Crippen molar-refractivity contribution in [1.29, 1.82) is 0 Å². The van der Waals surface area contributed by atoms with Crippen LogP contribution in [0.25, 0.3) is 0 Å². The van der Waals surface area contributed by atoms with Crippen molar-refractivity contribution in [3.8, 4) is 5.75 Å². The molecule has 0 unspecified atom stereocenters. The lowest BCUT2D eigenvalue weighted by Crippen LogP contribution is -2.27. The van der Waals surface area contributed by atoms with Crippen molar-refractivity contribution in [3.63, 3.8) is 0 Å². The largest absolute Gasteiger partial charge is 0.573 e. The lowest BCUT2D eigenvalue weighted by Gasteiger charge is -2.15. The number of pyridine rings is 1. The number of H-pyrrole nitrogens is 1. The molecule has 0 saturated carbocycles. The zero-order valence-corrected chi connectivity index (χ0v) is 10.9. The Labute approximate surface area is 118 Å². The number of nitrogens with one attached hydrogen (secondary N) is 1. The van der Waals surface area contributed by atoms with E-state index in [2.05, 4.69) is 9.47 Å². The van der Waals surface area contributed by atoms with Crippen LogP contribution in [-0.2, 0) is 22.1 Å². The number of hydrogen-bond acceptors (Lipinski definition) is 4. The molecule has 0 atom stereocenters. The number of carbonyl (C=O) groups is 1. The van der Waals surface area contributed by atoms with E-state index in [4.69, 9.17) is 0 Å². The minimum absolute atomic E-state index is 0.0511. The van der Waals surface area contributed by atoms with Gasteiger partial charge in [0, 0.05) is 11.8 Å². The predicted octanol–water partition coefficient (Wildman–Crippen LogP) is 2.40. The maximum absolute atomic E-state index is 12.7. The van der Waals surface area contributed by atoms with Gasteiger partial charge >= 0.3 is 18.5 Å². The molecule has 124 valence electrons. The SMILES string of the molecule is CCOC(=O)Cc1cc(=O)c(OC(F)(F)F)c(C(F)(F)F)[nH]1. The Balaban J connectivity index is 3.31. The van der Waals surface area contributed by atoms with Gasteiger partial charge in [-0.05, 0) is 6.92 Å². The fourth-order valence-electron chi connectivity index (χ4n) is 1.48. The van der Waals surface area contributed by atoms with Crippen LogP contribution in [0, 0.1) is 0 Å². The van der Waals surface area contributed by atoms with E-state index in [1.54, 1.807) is 4.98 Å². The van der Waals surface area contributed by atoms with Crippen LogP contribution in [0.2, 0.25) is 0 Å². The zero-order chi connectivity index (χ0) is 17.1. The van der Waals surface area contributed by atoms with Gasteiger partial charge in [-0.15, -0.1) is 13.2 Å². The molecule has 11 heteroatoms. The van der Waals surface area contributed by atoms with Crippen molar-refractivity contribution in [3.05, 3.63) is 27.7 Å². The fraction of sp³-hybridized carbons (Fsp3) is 0.455. The Morgan fingerprint density at radius 1 is 1.23 bits per heavy atom. The Kier molecular flexibility index (Phi) is 5.09. The van der Waals surface area contributed by atoms with Gasteiger partial charge in [-0.3, -0.25) is 9.59 Å². The minimum atomic E-state index is -5.48. The van der Waals surface area contributed by atoms with Crippen LogP contribution >= 0.6 is 0 Å². The minimum Gasteiger partial charge on any atom is -0.466 e. The molecule has 0 bridgehead atoms. The van der Waals surface area contributed by atoms with Gasteiger partial charge in [-0.1, -0.05) is 0 Å². The van der Waals surface area contributed by atoms with Crippen molar-refractivity contribution in [2.75, 3.05) is 6.61 Å². The van der Waals surface area contributed by atoms with Gasteiger partial charge < -0.3 is 14.5 Å². The first-order valence-electron chi connectivity index (χ1n) is 5.68. The number of ether oxygens (including phenoxy) is 2. The van der Waals surface area contributed by atoms with Crippen molar-refractivity contribution in [2.24, 2.45) is 0 Å². The second kappa shape index (κ2) is 6.28. The number of aromatic nitrogens is 1. The van der Waals surface area contributed by atoms with Gasteiger partial charge in [0.1, 0.15) is 0 Å². The summed E-state index contributed by atoms with van der Waals surface area (Å²) in [4.78, 5) is 24.1. The summed E-state index contributed by atoms with van der Waals surface area (Å²) in [5, 5.41) is 0. The molecule has 0 radical (unpaired) electrons. The van der Waals surface area contributed by atoms with E-state index in [0.29, 0.717) is 6.07 Å². The smallest absolute Gasteiger partial charge is 0.466 e. The highest BCUT2D eigenvalue weighted by Crippen LogP contribution is 2.35. The van der Waals surface area contributed by atoms with Gasteiger partial charge in [0.25, 0.3) is 0 Å². The fourth-order valence-corrected chi connectivity index (χ4v) is 1.48. The van der Waals surface area contributed by atoms with Crippen molar-refractivity contribution in [2.45, 2.75) is 25.9 Å². The highest BCUT2D eigenvalue weighted by atomic mass is 19.4. The maximum Gasteiger partial charge on any atom is 0.573 e. The highest BCUT2D eigenvalue weighted by molar-refractivity contribution is 5.72. The first-order chi connectivity index (χ1) is 9.94. The molecule has 0 aromatic carbocycles. The molecule has 1 aromatic heterocycles. The van der Waals surface area contributed by atoms with E-state index in [9.17, 15) is 35.9 Å². The topological polar surface area (TPSA) is 68.4 Å². The van der Waals surface area contributed by atoms with Crippen LogP contribution in [0.15, 0.2) is 10.9 Å². The summed E-state index contributed by atoms with van der Waals surface area (Å²) in [5.74, 6) is -2.89. The Bertz CT molecular complexity index is 604. The van der Waals surface area contributed by atoms with Crippen LogP contribution in [0.4, 0.5) is 26.3 Å². The van der Waals surface area contributed by atoms with Crippen molar-refractivity contribution in [1.82, 2.24) is 4.98 Å². The van der Waals surface area contributed by atoms with Crippen LogP contribution < -0.4 is 10.2 Å². The molecule has 0 aliphatic carbocycles. The molecule has 1 heterocycles. The van der Waals surface area contributed by atoms with Crippen LogP contribution in [-0.4, -0.2) is 23.9 Å². The van der Waals surface area contributed by atoms with E-state index < -0.39 is 47.5 Å². The monoisotopic (exact) mass is 333 g/mol. The Hall–Kier alpha value is -2.20. The summed E-state index contributed by atoms with van der Waals surface area (Å²) < 4.78 is 82.0. The van der Waals surface area contributed by atoms with Gasteiger partial charge in [0.15, 0.2) is 5.69 Å². The number of esters is 1. The molecule has 0 aliphatic heterocycles. The molecule has 1 N–H and O–H groups in total. The average molecular weight is 333 g/mol. The zero-order valence-electron chi connectivity index (χ0n) is 10.9. The van der Waals surface area contributed by atoms with Gasteiger partial charge in [0.05, 0.1) is 13.0 Å². The summed E-state index contributed by atoms with van der Waals surface area (Å²) in [6.45, 7) is 1.40. The molecule has 0 spiro atoms. The molecule has 0 aliphatic rings. The first-order valence-corrected chi connectivity index (χ1v) is 5.68. The second-order valence-electron chi connectivity index (χ2n) is 3.89.